The molecule has 2 aromatic rings. The molecule has 6 nitrogen and oxygen atoms in total. The van der Waals surface area contributed by atoms with Gasteiger partial charge in [-0.1, -0.05) is 12.1 Å². The number of hydrogen-bond donors (Lipinski definition) is 3. The van der Waals surface area contributed by atoms with Gasteiger partial charge in [0.1, 0.15) is 11.9 Å². The van der Waals surface area contributed by atoms with Crippen LogP contribution in [0.5, 0.6) is 0 Å². The summed E-state index contributed by atoms with van der Waals surface area (Å²) in [4.78, 5) is 26.0. The van der Waals surface area contributed by atoms with Crippen LogP contribution in [0.1, 0.15) is 17.3 Å². The van der Waals surface area contributed by atoms with Crippen LogP contribution in [0.15, 0.2) is 30.5 Å². The van der Waals surface area contributed by atoms with E-state index in [2.05, 4.69) is 10.3 Å². The maximum atomic E-state index is 11.1. The lowest BCUT2D eigenvalue weighted by atomic mass is 10.1. The normalized spacial score (nSPS) is 12.1. The van der Waals surface area contributed by atoms with E-state index in [0.29, 0.717) is 16.6 Å². The minimum Gasteiger partial charge on any atom is -0.480 e. The van der Waals surface area contributed by atoms with Gasteiger partial charge in [0.05, 0.1) is 5.56 Å². The number of aromatic carboxylic acids is 1. The number of aliphatic carboxylic acids is 1. The average molecular weight is 260 g/mol. The predicted molar refractivity (Wildman–Crippen MR) is 69.4 cm³/mol. The van der Waals surface area contributed by atoms with Crippen LogP contribution in [0.3, 0.4) is 0 Å². The summed E-state index contributed by atoms with van der Waals surface area (Å²) in [6.45, 7) is 1.49. The number of pyridine rings is 1. The highest BCUT2D eigenvalue weighted by atomic mass is 16.4. The summed E-state index contributed by atoms with van der Waals surface area (Å²) in [5.74, 6) is -1.68. The summed E-state index contributed by atoms with van der Waals surface area (Å²) in [7, 11) is 0. The van der Waals surface area contributed by atoms with Gasteiger partial charge >= 0.3 is 11.9 Å². The van der Waals surface area contributed by atoms with E-state index in [4.69, 9.17) is 10.2 Å². The molecule has 0 spiro atoms. The van der Waals surface area contributed by atoms with Crippen LogP contribution in [0.2, 0.25) is 0 Å². The minimum atomic E-state index is -1.03. The Morgan fingerprint density at radius 2 is 1.95 bits per heavy atom. The number of nitrogens with zero attached hydrogens (tertiary/aromatic N) is 1. The molecule has 1 aromatic heterocycles. The third-order valence-electron chi connectivity index (χ3n) is 2.76. The standard InChI is InChI=1S/C13H12N2O4/c1-7(12(16)17)15-11-9-3-2-4-10(13(18)19)8(9)5-6-14-11/h2-7H,1H3,(H,14,15)(H,16,17)(H,18,19). The molecule has 19 heavy (non-hydrogen) atoms. The van der Waals surface area contributed by atoms with Crippen LogP contribution in [0, 0.1) is 0 Å². The number of rotatable bonds is 4. The topological polar surface area (TPSA) is 99.5 Å². The maximum absolute atomic E-state index is 11.1. The summed E-state index contributed by atoms with van der Waals surface area (Å²) >= 11 is 0. The van der Waals surface area contributed by atoms with Gasteiger partial charge in [-0.2, -0.15) is 0 Å². The number of hydrogen-bond acceptors (Lipinski definition) is 4. The zero-order valence-corrected chi connectivity index (χ0v) is 10.1. The molecule has 0 saturated heterocycles. The number of fused-ring (bicyclic) bond motifs is 1. The molecule has 0 aliphatic rings. The van der Waals surface area contributed by atoms with Gasteiger partial charge in [-0.25, -0.2) is 9.78 Å². The summed E-state index contributed by atoms with van der Waals surface area (Å²) < 4.78 is 0. The fourth-order valence-corrected chi connectivity index (χ4v) is 1.78. The first-order chi connectivity index (χ1) is 9.00. The Kier molecular flexibility index (Phi) is 3.33. The number of carboxylic acid groups (broad SMARTS) is 2. The largest absolute Gasteiger partial charge is 0.480 e. The van der Waals surface area contributed by atoms with E-state index in [9.17, 15) is 9.59 Å². The van der Waals surface area contributed by atoms with Gasteiger partial charge in [0.15, 0.2) is 0 Å². The molecular formula is C13H12N2O4. The summed E-state index contributed by atoms with van der Waals surface area (Å²) in [6.07, 6.45) is 1.45. The second-order valence-electron chi connectivity index (χ2n) is 4.07. The van der Waals surface area contributed by atoms with Gasteiger partial charge in [0, 0.05) is 17.0 Å². The minimum absolute atomic E-state index is 0.158. The van der Waals surface area contributed by atoms with Crippen LogP contribution in [0.4, 0.5) is 5.82 Å². The monoisotopic (exact) mass is 260 g/mol. The smallest absolute Gasteiger partial charge is 0.336 e. The lowest BCUT2D eigenvalue weighted by molar-refractivity contribution is -0.137. The molecule has 3 N–H and O–H groups in total. The van der Waals surface area contributed by atoms with E-state index >= 15 is 0 Å². The van der Waals surface area contributed by atoms with Crippen molar-refractivity contribution in [3.63, 3.8) is 0 Å². The molecule has 1 aromatic carbocycles. The van der Waals surface area contributed by atoms with E-state index in [1.807, 2.05) is 0 Å². The van der Waals surface area contributed by atoms with Crippen molar-refractivity contribution in [2.45, 2.75) is 13.0 Å². The van der Waals surface area contributed by atoms with Crippen molar-refractivity contribution < 1.29 is 19.8 Å². The second kappa shape index (κ2) is 4.93. The Labute approximate surface area is 108 Å². The van der Waals surface area contributed by atoms with E-state index in [1.54, 1.807) is 18.2 Å². The van der Waals surface area contributed by atoms with Crippen molar-refractivity contribution in [3.8, 4) is 0 Å². The van der Waals surface area contributed by atoms with Gasteiger partial charge in [0.2, 0.25) is 0 Å². The third-order valence-corrected chi connectivity index (χ3v) is 2.76. The van der Waals surface area contributed by atoms with Crippen molar-refractivity contribution in [1.82, 2.24) is 4.98 Å². The SMILES string of the molecule is CC(Nc1nccc2c(C(=O)O)cccc12)C(=O)O. The molecule has 0 saturated carbocycles. The Morgan fingerprint density at radius 1 is 1.21 bits per heavy atom. The van der Waals surface area contributed by atoms with Gasteiger partial charge in [-0.05, 0) is 19.1 Å². The second-order valence-corrected chi connectivity index (χ2v) is 4.07. The zero-order chi connectivity index (χ0) is 14.0. The molecule has 98 valence electrons. The molecule has 0 aliphatic carbocycles. The van der Waals surface area contributed by atoms with Gasteiger partial charge in [-0.3, -0.25) is 4.79 Å². The van der Waals surface area contributed by atoms with Gasteiger partial charge < -0.3 is 15.5 Å². The van der Waals surface area contributed by atoms with E-state index in [1.165, 1.54) is 19.2 Å². The van der Waals surface area contributed by atoms with Crippen LogP contribution in [-0.2, 0) is 4.79 Å². The Bertz CT molecular complexity index is 654. The number of carboxylic acids is 2. The first kappa shape index (κ1) is 12.8. The fraction of sp³-hybridized carbons (Fsp3) is 0.154. The number of carbonyl (C=O) groups is 2. The highest BCUT2D eigenvalue weighted by molar-refractivity contribution is 6.06. The average Bonchev–Trinajstić information content (AvgIpc) is 2.38. The lowest BCUT2D eigenvalue weighted by Crippen LogP contribution is -2.26. The molecule has 1 atom stereocenters. The summed E-state index contributed by atoms with van der Waals surface area (Å²) in [6, 6.07) is 5.58. The molecular weight excluding hydrogens is 248 g/mol. The van der Waals surface area contributed by atoms with Crippen LogP contribution in [0.25, 0.3) is 10.8 Å². The molecule has 0 fully saturated rings. The molecule has 6 heteroatoms. The van der Waals surface area contributed by atoms with Crippen molar-refractivity contribution >= 4 is 28.5 Å². The summed E-state index contributed by atoms with van der Waals surface area (Å²) in [5.41, 5.74) is 0.158. The maximum Gasteiger partial charge on any atom is 0.336 e. The summed E-state index contributed by atoms with van der Waals surface area (Å²) in [5, 5.41) is 21.8. The molecule has 0 amide bonds. The van der Waals surface area contributed by atoms with Gasteiger partial charge in [-0.15, -0.1) is 0 Å². The third kappa shape index (κ3) is 2.47. The quantitative estimate of drug-likeness (QED) is 0.775. The number of nitrogens with one attached hydrogen (secondary N) is 1. The first-order valence-corrected chi connectivity index (χ1v) is 5.61. The molecule has 0 bridgehead atoms. The Hall–Kier alpha value is -2.63. The van der Waals surface area contributed by atoms with E-state index < -0.39 is 18.0 Å². The van der Waals surface area contributed by atoms with Crippen LogP contribution < -0.4 is 5.32 Å². The first-order valence-electron chi connectivity index (χ1n) is 5.61. The van der Waals surface area contributed by atoms with E-state index in [0.717, 1.165) is 0 Å². The van der Waals surface area contributed by atoms with Crippen molar-refractivity contribution in [3.05, 3.63) is 36.0 Å². The highest BCUT2D eigenvalue weighted by Crippen LogP contribution is 2.24. The Morgan fingerprint density at radius 3 is 2.58 bits per heavy atom. The molecule has 0 radical (unpaired) electrons. The molecule has 2 rings (SSSR count). The van der Waals surface area contributed by atoms with Crippen molar-refractivity contribution in [2.75, 3.05) is 5.32 Å². The van der Waals surface area contributed by atoms with Crippen LogP contribution in [-0.4, -0.2) is 33.2 Å². The van der Waals surface area contributed by atoms with Crippen molar-refractivity contribution in [1.29, 1.82) is 0 Å². The lowest BCUT2D eigenvalue weighted by Gasteiger charge is -2.12. The predicted octanol–water partition coefficient (Wildman–Crippen LogP) is 1.82. The number of aromatic nitrogens is 1. The van der Waals surface area contributed by atoms with Crippen LogP contribution >= 0.6 is 0 Å². The number of anilines is 1. The molecule has 1 unspecified atom stereocenters. The van der Waals surface area contributed by atoms with Crippen molar-refractivity contribution in [2.24, 2.45) is 0 Å². The molecule has 1 heterocycles. The van der Waals surface area contributed by atoms with E-state index in [-0.39, 0.29) is 5.56 Å². The Balaban J connectivity index is 2.55. The van der Waals surface area contributed by atoms with Gasteiger partial charge in [0.25, 0.3) is 0 Å². The molecule has 0 aliphatic heterocycles. The zero-order valence-electron chi connectivity index (χ0n) is 10.1. The number of benzene rings is 1. The fourth-order valence-electron chi connectivity index (χ4n) is 1.78. The highest BCUT2D eigenvalue weighted by Gasteiger charge is 2.15.